The molecule has 0 aliphatic heterocycles. The van der Waals surface area contributed by atoms with Crippen LogP contribution in [-0.4, -0.2) is 32.2 Å². The van der Waals surface area contributed by atoms with Crippen molar-refractivity contribution in [3.8, 4) is 10.7 Å². The molecule has 158 valence electrons. The Morgan fingerprint density at radius 2 is 1.97 bits per heavy atom. The maximum Gasteiger partial charge on any atom is 0.291 e. The number of ketones is 1. The minimum Gasteiger partial charge on any atom is -0.459 e. The fourth-order valence-electron chi connectivity index (χ4n) is 3.00. The number of rotatable bonds is 9. The van der Waals surface area contributed by atoms with Crippen LogP contribution in [0.2, 0.25) is 0 Å². The van der Waals surface area contributed by atoms with E-state index in [9.17, 15) is 9.59 Å². The summed E-state index contributed by atoms with van der Waals surface area (Å²) in [6.45, 7) is 2.78. The average molecular weight is 453 g/mol. The van der Waals surface area contributed by atoms with E-state index in [0.29, 0.717) is 17.9 Å². The predicted molar refractivity (Wildman–Crippen MR) is 122 cm³/mol. The van der Waals surface area contributed by atoms with E-state index < -0.39 is 0 Å². The third-order valence-electron chi connectivity index (χ3n) is 4.49. The molecule has 3 aromatic heterocycles. The zero-order valence-corrected chi connectivity index (χ0v) is 18.4. The Labute approximate surface area is 187 Å². The third-order valence-corrected chi connectivity index (χ3v) is 6.39. The monoisotopic (exact) mass is 452 g/mol. The molecule has 0 spiro atoms. The molecule has 1 amide bonds. The fraction of sp³-hybridized carbons (Fsp3) is 0.182. The summed E-state index contributed by atoms with van der Waals surface area (Å²) in [5.74, 6) is 1.19. The normalized spacial score (nSPS) is 10.9. The molecule has 7 nitrogen and oxygen atoms in total. The molecule has 9 heteroatoms. The highest BCUT2D eigenvalue weighted by molar-refractivity contribution is 7.99. The Balaban J connectivity index is 1.32. The number of Topliss-reactive ketones (excluding diaryl/α,β-unsaturated/α-hetero) is 1. The molecule has 3 heterocycles. The van der Waals surface area contributed by atoms with Gasteiger partial charge in [0.15, 0.2) is 16.7 Å². The summed E-state index contributed by atoms with van der Waals surface area (Å²) < 4.78 is 7.10. The number of hydrogen-bond acceptors (Lipinski definition) is 7. The lowest BCUT2D eigenvalue weighted by atomic mass is 10.1. The summed E-state index contributed by atoms with van der Waals surface area (Å²) >= 11 is 3.02. The van der Waals surface area contributed by atoms with Crippen LogP contribution in [-0.2, 0) is 17.8 Å². The van der Waals surface area contributed by atoms with Crippen molar-refractivity contribution in [2.45, 2.75) is 25.0 Å². The second kappa shape index (κ2) is 9.76. The maximum atomic E-state index is 12.5. The average Bonchev–Trinajstić information content (AvgIpc) is 3.54. The Morgan fingerprint density at radius 3 is 2.65 bits per heavy atom. The van der Waals surface area contributed by atoms with Crippen LogP contribution in [0.3, 0.4) is 0 Å². The number of anilines is 1. The van der Waals surface area contributed by atoms with E-state index in [1.807, 2.05) is 41.1 Å². The SMILES string of the molecule is CCn1c(SCC(=O)Cc2ccc(NC(=O)c3ccco3)cc2)nnc1-c1cccs1. The maximum absolute atomic E-state index is 12.5. The van der Waals surface area contributed by atoms with Gasteiger partial charge in [-0.3, -0.25) is 9.59 Å². The molecule has 0 bridgehead atoms. The predicted octanol–water partition coefficient (Wildman–Crippen LogP) is 4.78. The summed E-state index contributed by atoms with van der Waals surface area (Å²) in [4.78, 5) is 25.6. The minimum absolute atomic E-state index is 0.0979. The number of hydrogen-bond donors (Lipinski definition) is 1. The van der Waals surface area contributed by atoms with Crippen LogP contribution < -0.4 is 5.32 Å². The summed E-state index contributed by atoms with van der Waals surface area (Å²) in [7, 11) is 0. The highest BCUT2D eigenvalue weighted by Crippen LogP contribution is 2.27. The van der Waals surface area contributed by atoms with Crippen molar-refractivity contribution in [3.63, 3.8) is 0 Å². The zero-order chi connectivity index (χ0) is 21.6. The Morgan fingerprint density at radius 1 is 1.13 bits per heavy atom. The number of carbonyl (C=O) groups is 2. The van der Waals surface area contributed by atoms with Crippen LogP contribution in [0.1, 0.15) is 23.0 Å². The Bertz CT molecular complexity index is 1150. The number of nitrogens with one attached hydrogen (secondary N) is 1. The standard InChI is InChI=1S/C22H20N4O3S2/c1-2-26-20(19-6-4-12-30-19)24-25-22(26)31-14-17(27)13-15-7-9-16(10-8-15)23-21(28)18-5-3-11-29-18/h3-12H,2,13-14H2,1H3,(H,23,28). The number of thiophene rings is 1. The lowest BCUT2D eigenvalue weighted by Crippen LogP contribution is -2.11. The van der Waals surface area contributed by atoms with E-state index in [4.69, 9.17) is 4.42 Å². The molecule has 0 unspecified atom stereocenters. The number of thioether (sulfide) groups is 1. The van der Waals surface area contributed by atoms with Crippen molar-refractivity contribution in [2.75, 3.05) is 11.1 Å². The molecular weight excluding hydrogens is 432 g/mol. The quantitative estimate of drug-likeness (QED) is 0.368. The third kappa shape index (κ3) is 5.12. The van der Waals surface area contributed by atoms with Gasteiger partial charge >= 0.3 is 0 Å². The smallest absolute Gasteiger partial charge is 0.291 e. The highest BCUT2D eigenvalue weighted by Gasteiger charge is 2.15. The number of carbonyl (C=O) groups excluding carboxylic acids is 2. The Kier molecular flexibility index (Phi) is 6.63. The number of benzene rings is 1. The largest absolute Gasteiger partial charge is 0.459 e. The van der Waals surface area contributed by atoms with Crippen molar-refractivity contribution in [1.82, 2.24) is 14.8 Å². The number of nitrogens with zero attached hydrogens (tertiary/aromatic N) is 3. The Hall–Kier alpha value is -3.17. The van der Waals surface area contributed by atoms with Gasteiger partial charge in [0.1, 0.15) is 5.78 Å². The summed E-state index contributed by atoms with van der Waals surface area (Å²) in [6, 6.07) is 14.5. The van der Waals surface area contributed by atoms with E-state index in [0.717, 1.165) is 28.0 Å². The molecule has 4 rings (SSSR count). The second-order valence-electron chi connectivity index (χ2n) is 6.66. The molecule has 1 aromatic carbocycles. The van der Waals surface area contributed by atoms with E-state index in [1.165, 1.54) is 18.0 Å². The first-order chi connectivity index (χ1) is 15.1. The van der Waals surface area contributed by atoms with Crippen molar-refractivity contribution < 1.29 is 14.0 Å². The van der Waals surface area contributed by atoms with Gasteiger partial charge in [-0.2, -0.15) is 0 Å². The van der Waals surface area contributed by atoms with Crippen LogP contribution in [0.15, 0.2) is 69.7 Å². The van der Waals surface area contributed by atoms with Gasteiger partial charge < -0.3 is 14.3 Å². The van der Waals surface area contributed by atoms with Gasteiger partial charge in [-0.25, -0.2) is 0 Å². The van der Waals surface area contributed by atoms with Gasteiger partial charge in [0.2, 0.25) is 0 Å². The van der Waals surface area contributed by atoms with Gasteiger partial charge in [0.25, 0.3) is 5.91 Å². The van der Waals surface area contributed by atoms with Crippen LogP contribution in [0.5, 0.6) is 0 Å². The highest BCUT2D eigenvalue weighted by atomic mass is 32.2. The van der Waals surface area contributed by atoms with Crippen LogP contribution in [0, 0.1) is 0 Å². The van der Waals surface area contributed by atoms with Crippen molar-refractivity contribution in [3.05, 3.63) is 71.5 Å². The molecule has 4 aromatic rings. The molecule has 0 saturated carbocycles. The first-order valence-corrected chi connectivity index (χ1v) is 11.6. The topological polar surface area (TPSA) is 90.0 Å². The molecule has 0 aliphatic carbocycles. The molecule has 0 radical (unpaired) electrons. The van der Waals surface area contributed by atoms with E-state index in [2.05, 4.69) is 15.5 Å². The van der Waals surface area contributed by atoms with Crippen LogP contribution >= 0.6 is 23.1 Å². The number of amides is 1. The van der Waals surface area contributed by atoms with Gasteiger partial charge in [0, 0.05) is 18.7 Å². The van der Waals surface area contributed by atoms with E-state index in [1.54, 1.807) is 35.6 Å². The summed E-state index contributed by atoms with van der Waals surface area (Å²) in [5, 5.41) is 14.1. The lowest BCUT2D eigenvalue weighted by Gasteiger charge is -2.07. The first kappa shape index (κ1) is 21.1. The first-order valence-electron chi connectivity index (χ1n) is 9.69. The van der Waals surface area contributed by atoms with Gasteiger partial charge in [-0.1, -0.05) is 30.0 Å². The zero-order valence-electron chi connectivity index (χ0n) is 16.8. The molecular formula is C22H20N4O3S2. The van der Waals surface area contributed by atoms with Crippen LogP contribution in [0.25, 0.3) is 10.7 Å². The molecule has 0 atom stereocenters. The molecule has 0 aliphatic rings. The fourth-order valence-corrected chi connectivity index (χ4v) is 4.58. The van der Waals surface area contributed by atoms with E-state index in [-0.39, 0.29) is 17.5 Å². The van der Waals surface area contributed by atoms with Crippen molar-refractivity contribution in [2.24, 2.45) is 0 Å². The number of furan rings is 1. The lowest BCUT2D eigenvalue weighted by molar-refractivity contribution is -0.116. The second-order valence-corrected chi connectivity index (χ2v) is 8.55. The van der Waals surface area contributed by atoms with Crippen molar-refractivity contribution in [1.29, 1.82) is 0 Å². The van der Waals surface area contributed by atoms with Crippen LogP contribution in [0.4, 0.5) is 5.69 Å². The van der Waals surface area contributed by atoms with Gasteiger partial charge in [-0.15, -0.1) is 21.5 Å². The van der Waals surface area contributed by atoms with Crippen molar-refractivity contribution >= 4 is 40.5 Å². The summed E-state index contributed by atoms with van der Waals surface area (Å²) in [5.41, 5.74) is 1.53. The van der Waals surface area contributed by atoms with Gasteiger partial charge in [0.05, 0.1) is 16.9 Å². The molecule has 31 heavy (non-hydrogen) atoms. The van der Waals surface area contributed by atoms with E-state index >= 15 is 0 Å². The summed E-state index contributed by atoms with van der Waals surface area (Å²) in [6.07, 6.45) is 1.77. The molecule has 1 N–H and O–H groups in total. The molecule has 0 fully saturated rings. The number of aromatic nitrogens is 3. The minimum atomic E-state index is -0.313. The van der Waals surface area contributed by atoms with Gasteiger partial charge in [-0.05, 0) is 48.2 Å². The molecule has 0 saturated heterocycles.